The summed E-state index contributed by atoms with van der Waals surface area (Å²) in [6.07, 6.45) is 7.11. The quantitative estimate of drug-likeness (QED) is 0.113. The highest BCUT2D eigenvalue weighted by molar-refractivity contribution is 6.34. The molecule has 12 nitrogen and oxygen atoms in total. The maximum Gasteiger partial charge on any atom is 0.311 e. The molecule has 0 fully saturated rings. The lowest BCUT2D eigenvalue weighted by atomic mass is 10.0. The summed E-state index contributed by atoms with van der Waals surface area (Å²) in [6.45, 7) is 0. The fourth-order valence-corrected chi connectivity index (χ4v) is 5.57. The molecule has 0 saturated carbocycles. The van der Waals surface area contributed by atoms with Crippen LogP contribution in [0.4, 0.5) is 11.4 Å². The SMILES string of the molecule is O=[N+]([O-])c1cc(-c2c3nc(c(-c4ccc(O)c([N+](=O)[O-])c4)c4cc(Cl)c(cc5nc(cc6ccc2[nH]6)C=C5)[nH]4)C=C3)ccc1O. The number of nitrogens with zero attached hydrogens (tertiary/aromatic N) is 4. The minimum atomic E-state index is -0.679. The van der Waals surface area contributed by atoms with E-state index in [0.717, 1.165) is 0 Å². The van der Waals surface area contributed by atoms with Crippen molar-refractivity contribution >= 4 is 69.3 Å². The Kier molecular flexibility index (Phi) is 6.41. The topological polar surface area (TPSA) is 184 Å². The highest BCUT2D eigenvalue weighted by Gasteiger charge is 2.21. The summed E-state index contributed by atoms with van der Waals surface area (Å²) in [5.74, 6) is -0.970. The molecule has 45 heavy (non-hydrogen) atoms. The molecule has 0 spiro atoms. The zero-order valence-corrected chi connectivity index (χ0v) is 23.6. The number of hydrogen-bond acceptors (Lipinski definition) is 8. The lowest BCUT2D eigenvalue weighted by molar-refractivity contribution is -0.385. The largest absolute Gasteiger partial charge is 0.502 e. The number of fused-ring (bicyclic) bond motifs is 8. The molecule has 4 N–H and O–H groups in total. The second-order valence-corrected chi connectivity index (χ2v) is 10.6. The zero-order valence-electron chi connectivity index (χ0n) is 22.9. The van der Waals surface area contributed by atoms with Crippen LogP contribution in [0.3, 0.4) is 0 Å². The van der Waals surface area contributed by atoms with Gasteiger partial charge in [-0.3, -0.25) is 20.2 Å². The second-order valence-electron chi connectivity index (χ2n) is 10.2. The Morgan fingerprint density at radius 3 is 1.80 bits per heavy atom. The van der Waals surface area contributed by atoms with Gasteiger partial charge in [-0.1, -0.05) is 23.7 Å². The van der Waals surface area contributed by atoms with Gasteiger partial charge in [0, 0.05) is 34.3 Å². The number of hydrogen-bond donors (Lipinski definition) is 4. The number of aromatic amines is 2. The van der Waals surface area contributed by atoms with Gasteiger partial charge in [-0.25, -0.2) is 9.97 Å². The third-order valence-corrected chi connectivity index (χ3v) is 7.71. The van der Waals surface area contributed by atoms with Crippen LogP contribution in [0.5, 0.6) is 11.5 Å². The van der Waals surface area contributed by atoms with E-state index >= 15 is 0 Å². The average molecular weight is 619 g/mol. The Labute approximate surface area is 257 Å². The van der Waals surface area contributed by atoms with E-state index in [1.165, 1.54) is 30.3 Å². The second kappa shape index (κ2) is 10.5. The van der Waals surface area contributed by atoms with E-state index in [0.29, 0.717) is 72.1 Å². The van der Waals surface area contributed by atoms with Crippen molar-refractivity contribution in [1.82, 2.24) is 19.9 Å². The molecule has 7 rings (SSSR count). The lowest BCUT2D eigenvalue weighted by Crippen LogP contribution is -1.92. The predicted octanol–water partition coefficient (Wildman–Crippen LogP) is 7.87. The van der Waals surface area contributed by atoms with Gasteiger partial charge in [-0.05, 0) is 77.9 Å². The average Bonchev–Trinajstić information content (AvgIpc) is 3.81. The minimum Gasteiger partial charge on any atom is -0.502 e. The first kappa shape index (κ1) is 27.6. The summed E-state index contributed by atoms with van der Waals surface area (Å²) in [7, 11) is 0. The first-order chi connectivity index (χ1) is 21.6. The number of halogens is 1. The Morgan fingerprint density at radius 2 is 1.20 bits per heavy atom. The molecule has 0 radical (unpaired) electrons. The highest BCUT2D eigenvalue weighted by atomic mass is 35.5. The maximum absolute atomic E-state index is 11.7. The normalized spacial score (nSPS) is 12.0. The van der Waals surface area contributed by atoms with Crippen molar-refractivity contribution in [1.29, 1.82) is 0 Å². The van der Waals surface area contributed by atoms with Crippen LogP contribution in [-0.2, 0) is 0 Å². The Balaban J connectivity index is 1.64. The molecule has 0 atom stereocenters. The van der Waals surface area contributed by atoms with Gasteiger partial charge < -0.3 is 20.2 Å². The van der Waals surface area contributed by atoms with Gasteiger partial charge in [-0.15, -0.1) is 0 Å². The Bertz CT molecular complexity index is 2340. The van der Waals surface area contributed by atoms with Crippen LogP contribution in [0.15, 0.2) is 66.7 Å². The van der Waals surface area contributed by atoms with Crippen molar-refractivity contribution in [3.05, 3.63) is 115 Å². The number of rotatable bonds is 4. The van der Waals surface area contributed by atoms with Gasteiger partial charge in [0.15, 0.2) is 11.5 Å². The molecule has 13 heteroatoms. The zero-order chi connectivity index (χ0) is 31.4. The number of aromatic hydroxyl groups is 2. The van der Waals surface area contributed by atoms with Gasteiger partial charge >= 0.3 is 11.4 Å². The molecular formula is C32H19ClN6O6. The molecule has 0 aliphatic carbocycles. The fraction of sp³-hybridized carbons (Fsp3) is 0. The summed E-state index contributed by atoms with van der Waals surface area (Å²) in [5.41, 5.74) is 5.24. The number of nitrogens with one attached hydrogen (secondary N) is 2. The number of phenolic OH excluding ortho intramolecular Hbond substituents is 2. The van der Waals surface area contributed by atoms with Crippen LogP contribution in [0, 0.1) is 20.2 Å². The summed E-state index contributed by atoms with van der Waals surface area (Å²) in [4.78, 5) is 38.3. The van der Waals surface area contributed by atoms with Crippen molar-refractivity contribution in [2.45, 2.75) is 0 Å². The minimum absolute atomic E-state index is 0.373. The maximum atomic E-state index is 11.7. The van der Waals surface area contributed by atoms with E-state index in [-0.39, 0.29) is 0 Å². The Morgan fingerprint density at radius 1 is 0.622 bits per heavy atom. The molecule has 2 aliphatic heterocycles. The standard InChI is InChI=1S/C32H19ClN6O6/c33-21-15-26-32(17-2-10-30(41)28(12-17)39(44)45)24-8-7-23(36-24)31(16-1-9-29(40)27(11-16)38(42)43)22-6-5-19(35-22)13-18-3-4-20(34-18)14-25(21)37-26/h1-15,35,37,40-41H. The fourth-order valence-electron chi connectivity index (χ4n) is 5.36. The van der Waals surface area contributed by atoms with Crippen molar-refractivity contribution in [2.24, 2.45) is 0 Å². The van der Waals surface area contributed by atoms with E-state index in [4.69, 9.17) is 16.6 Å². The number of H-pyrrole nitrogens is 2. The van der Waals surface area contributed by atoms with Gasteiger partial charge in [0.25, 0.3) is 0 Å². The van der Waals surface area contributed by atoms with Crippen molar-refractivity contribution < 1.29 is 20.1 Å². The Hall–Kier alpha value is -6.27. The van der Waals surface area contributed by atoms with E-state index in [1.807, 2.05) is 30.4 Å². The summed E-state index contributed by atoms with van der Waals surface area (Å²) < 4.78 is 0. The summed E-state index contributed by atoms with van der Waals surface area (Å²) in [5, 5.41) is 44.1. The van der Waals surface area contributed by atoms with Crippen LogP contribution >= 0.6 is 11.6 Å². The van der Waals surface area contributed by atoms with Gasteiger partial charge in [0.1, 0.15) is 0 Å². The molecular weight excluding hydrogens is 600 g/mol. The molecule has 5 heterocycles. The summed E-state index contributed by atoms with van der Waals surface area (Å²) in [6, 6.07) is 17.1. The molecule has 2 aromatic carbocycles. The van der Waals surface area contributed by atoms with E-state index in [1.54, 1.807) is 30.4 Å². The number of aromatic nitrogens is 4. The van der Waals surface area contributed by atoms with Crippen LogP contribution in [0.2, 0.25) is 5.02 Å². The monoisotopic (exact) mass is 618 g/mol. The molecule has 0 amide bonds. The first-order valence-electron chi connectivity index (χ1n) is 13.4. The van der Waals surface area contributed by atoms with Crippen molar-refractivity contribution in [3.8, 4) is 33.8 Å². The van der Waals surface area contributed by atoms with Gasteiger partial charge in [0.2, 0.25) is 0 Å². The number of nitro groups is 2. The van der Waals surface area contributed by atoms with Gasteiger partial charge in [0.05, 0.1) is 48.7 Å². The number of benzene rings is 2. The van der Waals surface area contributed by atoms with E-state index in [9.17, 15) is 30.4 Å². The molecule has 3 aromatic heterocycles. The lowest BCUT2D eigenvalue weighted by Gasteiger charge is -2.06. The molecule has 0 unspecified atom stereocenters. The van der Waals surface area contributed by atoms with Crippen LogP contribution in [-0.4, -0.2) is 40.0 Å². The van der Waals surface area contributed by atoms with E-state index < -0.39 is 32.7 Å². The van der Waals surface area contributed by atoms with Crippen LogP contribution < -0.4 is 0 Å². The van der Waals surface area contributed by atoms with E-state index in [2.05, 4.69) is 15.0 Å². The third kappa shape index (κ3) is 4.94. The molecule has 220 valence electrons. The molecule has 5 aromatic rings. The molecule has 2 aliphatic rings. The third-order valence-electron chi connectivity index (χ3n) is 7.40. The molecule has 8 bridgehead atoms. The summed E-state index contributed by atoms with van der Waals surface area (Å²) >= 11 is 6.65. The predicted molar refractivity (Wildman–Crippen MR) is 171 cm³/mol. The first-order valence-corrected chi connectivity index (χ1v) is 13.8. The number of nitro benzene ring substituents is 2. The van der Waals surface area contributed by atoms with Gasteiger partial charge in [-0.2, -0.15) is 0 Å². The van der Waals surface area contributed by atoms with Crippen molar-refractivity contribution in [3.63, 3.8) is 0 Å². The smallest absolute Gasteiger partial charge is 0.311 e. The molecule has 0 saturated heterocycles. The number of phenols is 2. The highest BCUT2D eigenvalue weighted by Crippen LogP contribution is 2.39. The van der Waals surface area contributed by atoms with Crippen LogP contribution in [0.25, 0.3) is 68.6 Å². The van der Waals surface area contributed by atoms with Crippen LogP contribution in [0.1, 0.15) is 22.8 Å². The van der Waals surface area contributed by atoms with Crippen molar-refractivity contribution in [2.75, 3.05) is 0 Å².